The van der Waals surface area contributed by atoms with Gasteiger partial charge in [0, 0.05) is 29.4 Å². The smallest absolute Gasteiger partial charge is 0.290 e. The SMILES string of the molecule is Cc1cc[n+](CC(=O)Nc2ccc(C)c([N+](=O)[O-])c2)cc1.[Cl-]. The number of nitrogens with one attached hydrogen (secondary N) is 1. The monoisotopic (exact) mass is 321 g/mol. The number of nitrogens with zero attached hydrogens (tertiary/aromatic N) is 2. The van der Waals surface area contributed by atoms with E-state index < -0.39 is 4.92 Å². The fourth-order valence-electron chi connectivity index (χ4n) is 1.89. The first-order chi connectivity index (χ1) is 9.95. The maximum absolute atomic E-state index is 11.9. The molecule has 0 saturated heterocycles. The first kappa shape index (κ1) is 17.6. The molecule has 1 amide bonds. The fourth-order valence-corrected chi connectivity index (χ4v) is 1.89. The molecular weight excluding hydrogens is 306 g/mol. The first-order valence-corrected chi connectivity index (χ1v) is 6.46. The second-order valence-electron chi connectivity index (χ2n) is 4.85. The molecule has 1 aromatic heterocycles. The Morgan fingerprint density at radius 1 is 1.23 bits per heavy atom. The lowest BCUT2D eigenvalue weighted by atomic mass is 10.2. The Morgan fingerprint density at radius 2 is 1.86 bits per heavy atom. The minimum absolute atomic E-state index is 0. The van der Waals surface area contributed by atoms with Gasteiger partial charge in [-0.15, -0.1) is 0 Å². The third kappa shape index (κ3) is 4.53. The van der Waals surface area contributed by atoms with Crippen LogP contribution in [0.3, 0.4) is 0 Å². The van der Waals surface area contributed by atoms with Crippen LogP contribution in [0.4, 0.5) is 11.4 Å². The van der Waals surface area contributed by atoms with Crippen molar-refractivity contribution in [1.82, 2.24) is 0 Å². The predicted octanol–water partition coefficient (Wildman–Crippen LogP) is -0.858. The van der Waals surface area contributed by atoms with E-state index in [0.717, 1.165) is 5.56 Å². The van der Waals surface area contributed by atoms with Gasteiger partial charge in [0.15, 0.2) is 12.4 Å². The minimum atomic E-state index is -0.459. The zero-order valence-electron chi connectivity index (χ0n) is 12.2. The van der Waals surface area contributed by atoms with Gasteiger partial charge in [0.05, 0.1) is 4.92 Å². The number of rotatable bonds is 4. The zero-order valence-corrected chi connectivity index (χ0v) is 13.0. The van der Waals surface area contributed by atoms with Crippen molar-refractivity contribution in [1.29, 1.82) is 0 Å². The van der Waals surface area contributed by atoms with Crippen molar-refractivity contribution in [3.63, 3.8) is 0 Å². The van der Waals surface area contributed by atoms with Gasteiger partial charge in [0.1, 0.15) is 0 Å². The second-order valence-corrected chi connectivity index (χ2v) is 4.85. The van der Waals surface area contributed by atoms with Crippen molar-refractivity contribution >= 4 is 17.3 Å². The predicted molar refractivity (Wildman–Crippen MR) is 77.8 cm³/mol. The van der Waals surface area contributed by atoms with Gasteiger partial charge >= 0.3 is 0 Å². The molecule has 0 aliphatic carbocycles. The molecule has 22 heavy (non-hydrogen) atoms. The lowest BCUT2D eigenvalue weighted by Gasteiger charge is -2.04. The Hall–Kier alpha value is -2.47. The summed E-state index contributed by atoms with van der Waals surface area (Å²) >= 11 is 0. The van der Waals surface area contributed by atoms with E-state index in [4.69, 9.17) is 0 Å². The molecule has 116 valence electrons. The number of carbonyl (C=O) groups is 1. The molecule has 0 spiro atoms. The number of nitro benzene ring substituents is 1. The molecule has 0 unspecified atom stereocenters. The number of benzene rings is 1. The van der Waals surface area contributed by atoms with Crippen LogP contribution in [-0.2, 0) is 11.3 Å². The number of hydrogen-bond donors (Lipinski definition) is 1. The van der Waals surface area contributed by atoms with Crippen molar-refractivity contribution in [2.24, 2.45) is 0 Å². The molecule has 7 heteroatoms. The summed E-state index contributed by atoms with van der Waals surface area (Å²) in [6.45, 7) is 3.78. The van der Waals surface area contributed by atoms with Gasteiger partial charge in [-0.1, -0.05) is 6.07 Å². The average molecular weight is 322 g/mol. The summed E-state index contributed by atoms with van der Waals surface area (Å²) in [6, 6.07) is 8.45. The quantitative estimate of drug-likeness (QED) is 0.452. The van der Waals surface area contributed by atoms with Gasteiger partial charge < -0.3 is 17.7 Å². The van der Waals surface area contributed by atoms with E-state index in [1.54, 1.807) is 23.6 Å². The lowest BCUT2D eigenvalue weighted by Crippen LogP contribution is -3.00. The zero-order chi connectivity index (χ0) is 15.4. The third-order valence-corrected chi connectivity index (χ3v) is 3.07. The van der Waals surface area contributed by atoms with Crippen LogP contribution in [0.1, 0.15) is 11.1 Å². The molecule has 0 bridgehead atoms. The molecule has 0 aliphatic rings. The third-order valence-electron chi connectivity index (χ3n) is 3.07. The van der Waals surface area contributed by atoms with Crippen LogP contribution in [0, 0.1) is 24.0 Å². The molecule has 1 aromatic carbocycles. The number of nitro groups is 1. The van der Waals surface area contributed by atoms with Crippen LogP contribution < -0.4 is 22.3 Å². The van der Waals surface area contributed by atoms with E-state index in [9.17, 15) is 14.9 Å². The lowest BCUT2D eigenvalue weighted by molar-refractivity contribution is -0.684. The van der Waals surface area contributed by atoms with Crippen LogP contribution >= 0.6 is 0 Å². The molecule has 1 N–H and O–H groups in total. The highest BCUT2D eigenvalue weighted by Gasteiger charge is 2.14. The van der Waals surface area contributed by atoms with Crippen molar-refractivity contribution < 1.29 is 26.7 Å². The minimum Gasteiger partial charge on any atom is -1.00 e. The van der Waals surface area contributed by atoms with Gasteiger partial charge in [0.2, 0.25) is 6.54 Å². The number of halogens is 1. The number of anilines is 1. The van der Waals surface area contributed by atoms with Gasteiger partial charge in [-0.05, 0) is 25.5 Å². The topological polar surface area (TPSA) is 76.1 Å². The Bertz CT molecular complexity index is 687. The summed E-state index contributed by atoms with van der Waals surface area (Å²) in [5.41, 5.74) is 2.09. The van der Waals surface area contributed by atoms with Crippen molar-refractivity contribution in [2.75, 3.05) is 5.32 Å². The van der Waals surface area contributed by atoms with Crippen LogP contribution in [-0.4, -0.2) is 10.8 Å². The number of carbonyl (C=O) groups excluding carboxylic acids is 1. The molecule has 0 saturated carbocycles. The summed E-state index contributed by atoms with van der Waals surface area (Å²) in [6.07, 6.45) is 3.62. The summed E-state index contributed by atoms with van der Waals surface area (Å²) in [7, 11) is 0. The second kappa shape index (κ2) is 7.51. The molecule has 0 fully saturated rings. The molecule has 2 aromatic rings. The highest BCUT2D eigenvalue weighted by atomic mass is 35.5. The maximum atomic E-state index is 11.9. The van der Waals surface area contributed by atoms with Gasteiger partial charge in [0.25, 0.3) is 11.6 Å². The number of aryl methyl sites for hydroxylation is 2. The number of amides is 1. The molecule has 0 radical (unpaired) electrons. The normalized spacial score (nSPS) is 9.73. The summed E-state index contributed by atoms with van der Waals surface area (Å²) in [5, 5.41) is 13.5. The number of pyridine rings is 1. The van der Waals surface area contributed by atoms with Gasteiger partial charge in [-0.2, -0.15) is 4.57 Å². The van der Waals surface area contributed by atoms with E-state index in [0.29, 0.717) is 11.3 Å². The Morgan fingerprint density at radius 3 is 2.45 bits per heavy atom. The maximum Gasteiger partial charge on any atom is 0.290 e. The highest BCUT2D eigenvalue weighted by Crippen LogP contribution is 2.22. The molecule has 1 heterocycles. The standard InChI is InChI=1S/C15H15N3O3.ClH/c1-11-5-7-17(8-6-11)10-15(19)16-13-4-3-12(2)14(9-13)18(20)21;/h3-9H,10H2,1-2H3;1H. The average Bonchev–Trinajstić information content (AvgIpc) is 2.43. The van der Waals surface area contributed by atoms with E-state index >= 15 is 0 Å². The Balaban J connectivity index is 0.00000242. The van der Waals surface area contributed by atoms with E-state index in [2.05, 4.69) is 5.32 Å². The first-order valence-electron chi connectivity index (χ1n) is 6.46. The van der Waals surface area contributed by atoms with Crippen LogP contribution in [0.5, 0.6) is 0 Å². The Labute approximate surface area is 134 Å². The van der Waals surface area contributed by atoms with Gasteiger partial charge in [-0.3, -0.25) is 14.9 Å². The summed E-state index contributed by atoms with van der Waals surface area (Å²) in [5.74, 6) is -0.234. The van der Waals surface area contributed by atoms with Crippen LogP contribution in [0.15, 0.2) is 42.7 Å². The number of hydrogen-bond acceptors (Lipinski definition) is 3. The van der Waals surface area contributed by atoms with Gasteiger partial charge in [-0.25, -0.2) is 0 Å². The fraction of sp³-hybridized carbons (Fsp3) is 0.200. The molecular formula is C15H16ClN3O3. The van der Waals surface area contributed by atoms with E-state index in [1.165, 1.54) is 6.07 Å². The highest BCUT2D eigenvalue weighted by molar-refractivity contribution is 5.90. The number of aromatic nitrogens is 1. The summed E-state index contributed by atoms with van der Waals surface area (Å²) < 4.78 is 1.74. The van der Waals surface area contributed by atoms with Crippen molar-refractivity contribution in [3.05, 3.63) is 64.0 Å². The molecule has 2 rings (SSSR count). The van der Waals surface area contributed by atoms with Crippen LogP contribution in [0.2, 0.25) is 0 Å². The Kier molecular flexibility index (Phi) is 6.00. The largest absolute Gasteiger partial charge is 1.00 e. The van der Waals surface area contributed by atoms with Crippen LogP contribution in [0.25, 0.3) is 0 Å². The molecule has 0 atom stereocenters. The van der Waals surface area contributed by atoms with Crippen molar-refractivity contribution in [3.8, 4) is 0 Å². The van der Waals surface area contributed by atoms with E-state index in [-0.39, 0.29) is 30.5 Å². The molecule has 6 nitrogen and oxygen atoms in total. The summed E-state index contributed by atoms with van der Waals surface area (Å²) in [4.78, 5) is 22.3. The molecule has 0 aliphatic heterocycles. The van der Waals surface area contributed by atoms with E-state index in [1.807, 2.05) is 31.5 Å². The van der Waals surface area contributed by atoms with Crippen molar-refractivity contribution in [2.45, 2.75) is 20.4 Å².